The Labute approximate surface area is 139 Å². The third kappa shape index (κ3) is 5.87. The fourth-order valence-electron chi connectivity index (χ4n) is 2.39. The summed E-state index contributed by atoms with van der Waals surface area (Å²) in [7, 11) is 4.18. The minimum absolute atomic E-state index is 0.856. The highest BCUT2D eigenvalue weighted by Gasteiger charge is 2.08. The van der Waals surface area contributed by atoms with E-state index in [2.05, 4.69) is 70.4 Å². The predicted molar refractivity (Wildman–Crippen MR) is 96.9 cm³/mol. The molecule has 1 N–H and O–H groups in total. The largest absolute Gasteiger partial charge is 0.370 e. The van der Waals surface area contributed by atoms with Crippen molar-refractivity contribution in [1.29, 1.82) is 0 Å². The van der Waals surface area contributed by atoms with E-state index in [1.54, 1.807) is 6.33 Å². The molecule has 5 nitrogen and oxygen atoms in total. The number of hydrogen-bond acceptors (Lipinski definition) is 5. The molecule has 2 aromatic rings. The van der Waals surface area contributed by atoms with Crippen LogP contribution < -0.4 is 10.2 Å². The summed E-state index contributed by atoms with van der Waals surface area (Å²) < 4.78 is 0. The second-order valence-corrected chi connectivity index (χ2v) is 5.84. The molecule has 0 aliphatic rings. The molecule has 1 aromatic carbocycles. The fourth-order valence-corrected chi connectivity index (χ4v) is 2.39. The van der Waals surface area contributed by atoms with E-state index in [0.717, 1.165) is 44.2 Å². The molecule has 0 fully saturated rings. The van der Waals surface area contributed by atoms with Crippen LogP contribution in [0.5, 0.6) is 0 Å². The molecular weight excluding hydrogens is 286 g/mol. The monoisotopic (exact) mass is 313 g/mol. The molecule has 5 heteroatoms. The van der Waals surface area contributed by atoms with Gasteiger partial charge in [0.05, 0.1) is 0 Å². The lowest BCUT2D eigenvalue weighted by atomic mass is 10.2. The van der Waals surface area contributed by atoms with Crippen LogP contribution >= 0.6 is 0 Å². The number of aromatic nitrogens is 2. The van der Waals surface area contributed by atoms with Gasteiger partial charge >= 0.3 is 0 Å². The zero-order valence-corrected chi connectivity index (χ0v) is 14.4. The van der Waals surface area contributed by atoms with Crippen LogP contribution in [0.1, 0.15) is 18.9 Å². The van der Waals surface area contributed by atoms with Crippen molar-refractivity contribution in [1.82, 2.24) is 14.9 Å². The standard InChI is InChI=1S/C18H27N5/c1-4-23(14-16-9-6-5-7-10-16)18-13-17(20-15-21-18)19-11-8-12-22(2)3/h5-7,9-10,13,15H,4,8,11-12,14H2,1-3H3,(H,19,20,21). The number of anilines is 2. The van der Waals surface area contributed by atoms with Crippen LogP contribution in [0.3, 0.4) is 0 Å². The number of nitrogens with zero attached hydrogens (tertiary/aromatic N) is 4. The van der Waals surface area contributed by atoms with Gasteiger partial charge in [0.1, 0.15) is 18.0 Å². The first kappa shape index (κ1) is 17.2. The third-order valence-corrected chi connectivity index (χ3v) is 3.66. The van der Waals surface area contributed by atoms with Gasteiger partial charge in [0.2, 0.25) is 0 Å². The highest BCUT2D eigenvalue weighted by molar-refractivity contribution is 5.48. The molecular formula is C18H27N5. The second-order valence-electron chi connectivity index (χ2n) is 5.84. The average Bonchev–Trinajstić information content (AvgIpc) is 2.57. The fraction of sp³-hybridized carbons (Fsp3) is 0.444. The Balaban J connectivity index is 1.96. The maximum Gasteiger partial charge on any atom is 0.134 e. The predicted octanol–water partition coefficient (Wildman–Crippen LogP) is 2.87. The van der Waals surface area contributed by atoms with Gasteiger partial charge in [0.25, 0.3) is 0 Å². The zero-order chi connectivity index (χ0) is 16.5. The van der Waals surface area contributed by atoms with Gasteiger partial charge in [0.15, 0.2) is 0 Å². The summed E-state index contributed by atoms with van der Waals surface area (Å²) in [5, 5.41) is 3.38. The van der Waals surface area contributed by atoms with Crippen molar-refractivity contribution < 1.29 is 0 Å². The first-order chi connectivity index (χ1) is 11.2. The number of hydrogen-bond donors (Lipinski definition) is 1. The van der Waals surface area contributed by atoms with Gasteiger partial charge in [-0.15, -0.1) is 0 Å². The Morgan fingerprint density at radius 1 is 1.09 bits per heavy atom. The van der Waals surface area contributed by atoms with Gasteiger partial charge in [-0.05, 0) is 39.5 Å². The van der Waals surface area contributed by atoms with Crippen molar-refractivity contribution in [3.8, 4) is 0 Å². The first-order valence-electron chi connectivity index (χ1n) is 8.18. The Hall–Kier alpha value is -2.14. The molecule has 1 aromatic heterocycles. The molecule has 2 rings (SSSR count). The molecule has 1 heterocycles. The third-order valence-electron chi connectivity index (χ3n) is 3.66. The van der Waals surface area contributed by atoms with Gasteiger partial charge in [-0.1, -0.05) is 30.3 Å². The molecule has 0 aliphatic heterocycles. The lowest BCUT2D eigenvalue weighted by Gasteiger charge is -2.22. The van der Waals surface area contributed by atoms with Crippen LogP contribution in [0.25, 0.3) is 0 Å². The smallest absolute Gasteiger partial charge is 0.134 e. The lowest BCUT2D eigenvalue weighted by Crippen LogP contribution is -2.23. The van der Waals surface area contributed by atoms with E-state index < -0.39 is 0 Å². The highest BCUT2D eigenvalue weighted by atomic mass is 15.2. The minimum Gasteiger partial charge on any atom is -0.370 e. The van der Waals surface area contributed by atoms with Crippen LogP contribution in [0.4, 0.5) is 11.6 Å². The Bertz CT molecular complexity index is 571. The molecule has 23 heavy (non-hydrogen) atoms. The summed E-state index contributed by atoms with van der Waals surface area (Å²) in [6.45, 7) is 5.90. The highest BCUT2D eigenvalue weighted by Crippen LogP contribution is 2.16. The second kappa shape index (κ2) is 9.10. The molecule has 0 radical (unpaired) electrons. The summed E-state index contributed by atoms with van der Waals surface area (Å²) in [5.74, 6) is 1.85. The van der Waals surface area contributed by atoms with Crippen LogP contribution in [-0.4, -0.2) is 48.6 Å². The molecule has 0 spiro atoms. The molecule has 0 saturated carbocycles. The molecule has 0 atom stereocenters. The van der Waals surface area contributed by atoms with Crippen LogP contribution in [0.2, 0.25) is 0 Å². The van der Waals surface area contributed by atoms with Crippen LogP contribution in [-0.2, 0) is 6.54 Å². The molecule has 0 aliphatic carbocycles. The van der Waals surface area contributed by atoms with Crippen molar-refractivity contribution in [2.24, 2.45) is 0 Å². The van der Waals surface area contributed by atoms with Gasteiger partial charge in [-0.2, -0.15) is 0 Å². The van der Waals surface area contributed by atoms with Crippen molar-refractivity contribution in [2.45, 2.75) is 19.9 Å². The number of benzene rings is 1. The van der Waals surface area contributed by atoms with Gasteiger partial charge in [0, 0.05) is 25.7 Å². The minimum atomic E-state index is 0.856. The lowest BCUT2D eigenvalue weighted by molar-refractivity contribution is 0.405. The molecule has 0 saturated heterocycles. The molecule has 124 valence electrons. The Morgan fingerprint density at radius 3 is 2.57 bits per heavy atom. The van der Waals surface area contributed by atoms with E-state index in [1.807, 2.05) is 12.1 Å². The van der Waals surface area contributed by atoms with E-state index in [9.17, 15) is 0 Å². The summed E-state index contributed by atoms with van der Waals surface area (Å²) >= 11 is 0. The van der Waals surface area contributed by atoms with E-state index in [4.69, 9.17) is 0 Å². The Kier molecular flexibility index (Phi) is 6.81. The van der Waals surface area contributed by atoms with Gasteiger partial charge in [-0.3, -0.25) is 0 Å². The maximum atomic E-state index is 4.43. The average molecular weight is 313 g/mol. The molecule has 0 bridgehead atoms. The van der Waals surface area contributed by atoms with E-state index >= 15 is 0 Å². The number of nitrogens with one attached hydrogen (secondary N) is 1. The van der Waals surface area contributed by atoms with Crippen molar-refractivity contribution in [2.75, 3.05) is 43.9 Å². The van der Waals surface area contributed by atoms with Crippen LogP contribution in [0.15, 0.2) is 42.7 Å². The van der Waals surface area contributed by atoms with Crippen molar-refractivity contribution >= 4 is 11.6 Å². The zero-order valence-electron chi connectivity index (χ0n) is 14.4. The summed E-state index contributed by atoms with van der Waals surface area (Å²) in [6, 6.07) is 12.5. The maximum absolute atomic E-state index is 4.43. The van der Waals surface area contributed by atoms with E-state index in [1.165, 1.54) is 5.56 Å². The summed E-state index contributed by atoms with van der Waals surface area (Å²) in [6.07, 6.45) is 2.73. The van der Waals surface area contributed by atoms with Crippen molar-refractivity contribution in [3.05, 3.63) is 48.3 Å². The number of rotatable bonds is 9. The quantitative estimate of drug-likeness (QED) is 0.721. The van der Waals surface area contributed by atoms with Gasteiger partial charge in [-0.25, -0.2) is 9.97 Å². The summed E-state index contributed by atoms with van der Waals surface area (Å²) in [5.41, 5.74) is 1.29. The first-order valence-corrected chi connectivity index (χ1v) is 8.18. The molecule has 0 unspecified atom stereocenters. The van der Waals surface area contributed by atoms with Gasteiger partial charge < -0.3 is 15.1 Å². The SMILES string of the molecule is CCN(Cc1ccccc1)c1cc(NCCCN(C)C)ncn1. The normalized spacial score (nSPS) is 10.8. The van der Waals surface area contributed by atoms with E-state index in [-0.39, 0.29) is 0 Å². The van der Waals surface area contributed by atoms with Crippen molar-refractivity contribution in [3.63, 3.8) is 0 Å². The topological polar surface area (TPSA) is 44.3 Å². The summed E-state index contributed by atoms with van der Waals surface area (Å²) in [4.78, 5) is 13.2. The molecule has 0 amide bonds. The van der Waals surface area contributed by atoms with Crippen LogP contribution in [0, 0.1) is 0 Å². The van der Waals surface area contributed by atoms with E-state index in [0.29, 0.717) is 0 Å². The Morgan fingerprint density at radius 2 is 1.87 bits per heavy atom.